The molecule has 0 spiro atoms. The Labute approximate surface area is 233 Å². The maximum atomic E-state index is 13.9. The van der Waals surface area contributed by atoms with E-state index in [0.717, 1.165) is 10.4 Å². The number of benzene rings is 3. The Morgan fingerprint density at radius 3 is 2.20 bits per heavy atom. The second-order valence-corrected chi connectivity index (χ2v) is 11.2. The summed E-state index contributed by atoms with van der Waals surface area (Å²) >= 11 is 0. The van der Waals surface area contributed by atoms with E-state index in [0.29, 0.717) is 11.3 Å². The van der Waals surface area contributed by atoms with Crippen molar-refractivity contribution >= 4 is 33.2 Å². The summed E-state index contributed by atoms with van der Waals surface area (Å²) in [4.78, 5) is 38.8. The summed E-state index contributed by atoms with van der Waals surface area (Å²) in [7, 11) is -2.80. The van der Waals surface area contributed by atoms with Gasteiger partial charge in [-0.2, -0.15) is 0 Å². The number of rotatable bonds is 12. The number of non-ortho nitro benzene ring substituents is 1. The predicted octanol–water partition coefficient (Wildman–Crippen LogP) is 3.74. The second kappa shape index (κ2) is 13.1. The van der Waals surface area contributed by atoms with E-state index in [1.807, 2.05) is 0 Å². The Kier molecular flexibility index (Phi) is 9.83. The van der Waals surface area contributed by atoms with Crippen LogP contribution in [0.2, 0.25) is 0 Å². The smallest absolute Gasteiger partial charge is 0.271 e. The zero-order chi connectivity index (χ0) is 29.4. The number of nitrogens with one attached hydrogen (secondary N) is 1. The van der Waals surface area contributed by atoms with Crippen molar-refractivity contribution in [3.63, 3.8) is 0 Å². The van der Waals surface area contributed by atoms with Crippen molar-refractivity contribution in [1.82, 2.24) is 10.2 Å². The number of nitro benzene ring substituents is 1. The Bertz CT molecular complexity index is 1440. The van der Waals surface area contributed by atoms with Gasteiger partial charge in [0.1, 0.15) is 18.3 Å². The van der Waals surface area contributed by atoms with Gasteiger partial charge < -0.3 is 15.0 Å². The topological polar surface area (TPSA) is 139 Å². The minimum absolute atomic E-state index is 0.00364. The number of amides is 2. The third-order valence-electron chi connectivity index (χ3n) is 6.05. The number of nitrogens with zero attached hydrogens (tertiary/aromatic N) is 3. The Balaban J connectivity index is 2.05. The minimum Gasteiger partial charge on any atom is -0.497 e. The number of carbonyl (C=O) groups is 2. The molecule has 40 heavy (non-hydrogen) atoms. The number of sulfonamides is 1. The quantitative estimate of drug-likeness (QED) is 0.259. The molecule has 0 bridgehead atoms. The largest absolute Gasteiger partial charge is 0.497 e. The van der Waals surface area contributed by atoms with Crippen LogP contribution in [-0.2, 0) is 26.2 Å². The molecule has 0 aliphatic carbocycles. The van der Waals surface area contributed by atoms with Crippen molar-refractivity contribution < 1.29 is 27.7 Å². The SMILES string of the molecule is COc1ccc(CN(C(=O)CN(c2cccc([N+](=O)[O-])c2)S(=O)(=O)c2ccccc2)[C@@H](C)C(=O)NC(C)C)cc1. The van der Waals surface area contributed by atoms with Gasteiger partial charge >= 0.3 is 0 Å². The number of ether oxygens (including phenoxy) is 1. The van der Waals surface area contributed by atoms with Crippen molar-refractivity contribution in [2.75, 3.05) is 18.0 Å². The lowest BCUT2D eigenvalue weighted by Gasteiger charge is -2.32. The molecule has 12 heteroatoms. The fourth-order valence-corrected chi connectivity index (χ4v) is 5.35. The number of nitro groups is 1. The maximum Gasteiger partial charge on any atom is 0.271 e. The Morgan fingerprint density at radius 2 is 1.62 bits per heavy atom. The first-order chi connectivity index (χ1) is 18.9. The van der Waals surface area contributed by atoms with E-state index >= 15 is 0 Å². The highest BCUT2D eigenvalue weighted by Gasteiger charge is 2.33. The van der Waals surface area contributed by atoms with Gasteiger partial charge in [0.15, 0.2) is 0 Å². The van der Waals surface area contributed by atoms with Gasteiger partial charge in [-0.05, 0) is 56.7 Å². The first-order valence-corrected chi connectivity index (χ1v) is 13.9. The van der Waals surface area contributed by atoms with E-state index in [2.05, 4.69) is 5.32 Å². The van der Waals surface area contributed by atoms with Crippen LogP contribution in [0.4, 0.5) is 11.4 Å². The van der Waals surface area contributed by atoms with E-state index in [4.69, 9.17) is 4.74 Å². The molecule has 212 valence electrons. The molecule has 11 nitrogen and oxygen atoms in total. The monoisotopic (exact) mass is 568 g/mol. The molecule has 0 fully saturated rings. The van der Waals surface area contributed by atoms with Crippen LogP contribution < -0.4 is 14.4 Å². The molecule has 3 aromatic carbocycles. The highest BCUT2D eigenvalue weighted by molar-refractivity contribution is 7.92. The van der Waals surface area contributed by atoms with Crippen LogP contribution in [0.15, 0.2) is 83.8 Å². The average Bonchev–Trinajstić information content (AvgIpc) is 2.94. The van der Waals surface area contributed by atoms with Gasteiger partial charge in [0.2, 0.25) is 11.8 Å². The fourth-order valence-electron chi connectivity index (χ4n) is 3.93. The van der Waals surface area contributed by atoms with Crippen LogP contribution in [0.3, 0.4) is 0 Å². The molecule has 1 N–H and O–H groups in total. The van der Waals surface area contributed by atoms with Crippen molar-refractivity contribution in [1.29, 1.82) is 0 Å². The number of hydrogen-bond acceptors (Lipinski definition) is 7. The van der Waals surface area contributed by atoms with Gasteiger partial charge in [-0.1, -0.05) is 36.4 Å². The molecular weight excluding hydrogens is 536 g/mol. The lowest BCUT2D eigenvalue weighted by Crippen LogP contribution is -2.52. The van der Waals surface area contributed by atoms with Gasteiger partial charge in [0.05, 0.1) is 22.6 Å². The summed E-state index contributed by atoms with van der Waals surface area (Å²) in [6.45, 7) is 4.44. The molecule has 3 aromatic rings. The van der Waals surface area contributed by atoms with Crippen LogP contribution in [0.5, 0.6) is 5.75 Å². The summed E-state index contributed by atoms with van der Waals surface area (Å²) < 4.78 is 33.5. The molecule has 0 saturated heterocycles. The molecule has 0 radical (unpaired) electrons. The summed E-state index contributed by atoms with van der Waals surface area (Å²) in [5.41, 5.74) is 0.291. The normalized spacial score (nSPS) is 11.9. The molecule has 0 heterocycles. The van der Waals surface area contributed by atoms with E-state index in [-0.39, 0.29) is 28.9 Å². The highest BCUT2D eigenvalue weighted by Crippen LogP contribution is 2.27. The van der Waals surface area contributed by atoms with Crippen LogP contribution in [0.25, 0.3) is 0 Å². The zero-order valence-electron chi connectivity index (χ0n) is 22.7. The number of hydrogen-bond donors (Lipinski definition) is 1. The van der Waals surface area contributed by atoms with Crippen LogP contribution in [-0.4, -0.2) is 55.8 Å². The molecular formula is C28H32N4O7S. The van der Waals surface area contributed by atoms with E-state index < -0.39 is 39.3 Å². The Morgan fingerprint density at radius 1 is 0.975 bits per heavy atom. The van der Waals surface area contributed by atoms with Gasteiger partial charge in [0, 0.05) is 24.7 Å². The van der Waals surface area contributed by atoms with Crippen LogP contribution in [0.1, 0.15) is 26.3 Å². The van der Waals surface area contributed by atoms with E-state index in [1.54, 1.807) is 51.1 Å². The van der Waals surface area contributed by atoms with Crippen LogP contribution >= 0.6 is 0 Å². The maximum absolute atomic E-state index is 13.9. The molecule has 0 aliphatic rings. The first-order valence-electron chi connectivity index (χ1n) is 12.5. The number of carbonyl (C=O) groups excluding carboxylic acids is 2. The van der Waals surface area contributed by atoms with E-state index in [9.17, 15) is 28.1 Å². The molecule has 0 aliphatic heterocycles. The average molecular weight is 569 g/mol. The van der Waals surface area contributed by atoms with Crippen LogP contribution in [0, 0.1) is 10.1 Å². The predicted molar refractivity (Wildman–Crippen MR) is 150 cm³/mol. The molecule has 0 saturated carbocycles. The van der Waals surface area contributed by atoms with Crippen molar-refractivity contribution in [3.8, 4) is 5.75 Å². The highest BCUT2D eigenvalue weighted by atomic mass is 32.2. The standard InChI is InChI=1S/C28H32N4O7S/c1-20(2)29-28(34)21(3)30(18-22-13-15-25(39-4)16-14-22)27(33)19-31(23-9-8-10-24(17-23)32(35)36)40(37,38)26-11-6-5-7-12-26/h5-17,20-21H,18-19H2,1-4H3,(H,29,34)/t21-/m0/s1. The summed E-state index contributed by atoms with van der Waals surface area (Å²) in [5.74, 6) is -0.476. The Hall–Kier alpha value is -4.45. The summed E-state index contributed by atoms with van der Waals surface area (Å²) in [6, 6.07) is 18.3. The molecule has 1 atom stereocenters. The van der Waals surface area contributed by atoms with Crippen molar-refractivity contribution in [3.05, 3.63) is 94.5 Å². The molecule has 0 aromatic heterocycles. The molecule has 2 amide bonds. The summed E-state index contributed by atoms with van der Waals surface area (Å²) in [6.07, 6.45) is 0. The third-order valence-corrected chi connectivity index (χ3v) is 7.84. The lowest BCUT2D eigenvalue weighted by molar-refractivity contribution is -0.384. The van der Waals surface area contributed by atoms with Gasteiger partial charge in [-0.15, -0.1) is 0 Å². The van der Waals surface area contributed by atoms with Gasteiger partial charge in [0.25, 0.3) is 15.7 Å². The minimum atomic E-state index is -4.33. The zero-order valence-corrected chi connectivity index (χ0v) is 23.5. The fraction of sp³-hybridized carbons (Fsp3) is 0.286. The lowest BCUT2D eigenvalue weighted by atomic mass is 10.1. The van der Waals surface area contributed by atoms with Crippen molar-refractivity contribution in [2.45, 2.75) is 44.3 Å². The van der Waals surface area contributed by atoms with Crippen molar-refractivity contribution in [2.24, 2.45) is 0 Å². The van der Waals surface area contributed by atoms with Gasteiger partial charge in [-0.25, -0.2) is 8.42 Å². The molecule has 0 unspecified atom stereocenters. The number of methoxy groups -OCH3 is 1. The van der Waals surface area contributed by atoms with E-state index in [1.165, 1.54) is 54.5 Å². The second-order valence-electron chi connectivity index (χ2n) is 9.31. The third kappa shape index (κ3) is 7.35. The molecule has 3 rings (SSSR count). The van der Waals surface area contributed by atoms with Gasteiger partial charge in [-0.3, -0.25) is 24.0 Å². The number of anilines is 1. The first kappa shape index (κ1) is 30.1. The summed E-state index contributed by atoms with van der Waals surface area (Å²) in [5, 5.41) is 14.2.